The van der Waals surface area contributed by atoms with Crippen LogP contribution in [0.1, 0.15) is 15.9 Å². The van der Waals surface area contributed by atoms with Crippen molar-refractivity contribution in [1.82, 2.24) is 9.80 Å². The summed E-state index contributed by atoms with van der Waals surface area (Å²) in [6.45, 7) is 3.44. The molecule has 0 atom stereocenters. The minimum Gasteiger partial charge on any atom is -0.336 e. The fourth-order valence-electron chi connectivity index (χ4n) is 3.00. The van der Waals surface area contributed by atoms with E-state index in [4.69, 9.17) is 11.6 Å². The van der Waals surface area contributed by atoms with Crippen LogP contribution in [0.3, 0.4) is 0 Å². The molecule has 1 heterocycles. The van der Waals surface area contributed by atoms with Crippen molar-refractivity contribution >= 4 is 29.3 Å². The first-order chi connectivity index (χ1) is 13.0. The van der Waals surface area contributed by atoms with Crippen molar-refractivity contribution in [3.8, 4) is 0 Å². The monoisotopic (exact) mass is 385 g/mol. The molecular weight excluding hydrogens is 366 g/mol. The molecule has 1 aliphatic heterocycles. The predicted molar refractivity (Wildman–Crippen MR) is 106 cm³/mol. The maximum Gasteiger partial charge on any atom is 0.270 e. The van der Waals surface area contributed by atoms with E-state index in [-0.39, 0.29) is 22.2 Å². The summed E-state index contributed by atoms with van der Waals surface area (Å²) in [6, 6.07) is 14.0. The van der Waals surface area contributed by atoms with Crippen LogP contribution in [0.2, 0.25) is 5.02 Å². The molecule has 0 bridgehead atoms. The van der Waals surface area contributed by atoms with E-state index in [9.17, 15) is 14.9 Å². The molecule has 1 amide bonds. The van der Waals surface area contributed by atoms with Crippen molar-refractivity contribution in [3.05, 3.63) is 80.9 Å². The molecule has 0 aromatic heterocycles. The minimum absolute atomic E-state index is 0.132. The summed E-state index contributed by atoms with van der Waals surface area (Å²) in [4.78, 5) is 27.1. The van der Waals surface area contributed by atoms with Crippen molar-refractivity contribution in [2.75, 3.05) is 32.7 Å². The fraction of sp³-hybridized carbons (Fsp3) is 0.250. The Hall–Kier alpha value is -2.70. The number of rotatable bonds is 5. The molecule has 1 fully saturated rings. The minimum atomic E-state index is -0.524. The number of nitrogens with zero attached hydrogens (tertiary/aromatic N) is 3. The van der Waals surface area contributed by atoms with E-state index in [1.54, 1.807) is 4.90 Å². The highest BCUT2D eigenvalue weighted by atomic mass is 35.5. The van der Waals surface area contributed by atoms with E-state index < -0.39 is 4.92 Å². The standard InChI is InChI=1S/C20H20ClN3O3/c21-19-9-8-17(24(26)27)15-18(19)20(25)23-13-11-22(12-14-23)10-4-7-16-5-2-1-3-6-16/h1-9,15H,10-14H2. The summed E-state index contributed by atoms with van der Waals surface area (Å²) in [5.41, 5.74) is 1.21. The Kier molecular flexibility index (Phi) is 6.21. The van der Waals surface area contributed by atoms with E-state index >= 15 is 0 Å². The quantitative estimate of drug-likeness (QED) is 0.581. The van der Waals surface area contributed by atoms with Crippen molar-refractivity contribution in [3.63, 3.8) is 0 Å². The molecule has 27 heavy (non-hydrogen) atoms. The zero-order valence-corrected chi connectivity index (χ0v) is 15.5. The number of benzene rings is 2. The summed E-state index contributed by atoms with van der Waals surface area (Å²) < 4.78 is 0. The van der Waals surface area contributed by atoms with Gasteiger partial charge < -0.3 is 4.90 Å². The van der Waals surface area contributed by atoms with Crippen molar-refractivity contribution in [2.24, 2.45) is 0 Å². The van der Waals surface area contributed by atoms with E-state index in [1.165, 1.54) is 18.2 Å². The molecule has 1 aliphatic rings. The van der Waals surface area contributed by atoms with Gasteiger partial charge in [-0.2, -0.15) is 0 Å². The molecule has 2 aromatic rings. The Morgan fingerprint density at radius 3 is 2.48 bits per heavy atom. The lowest BCUT2D eigenvalue weighted by atomic mass is 10.1. The van der Waals surface area contributed by atoms with Gasteiger partial charge in [-0.1, -0.05) is 54.1 Å². The molecule has 2 aromatic carbocycles. The molecule has 0 N–H and O–H groups in total. The zero-order valence-electron chi connectivity index (χ0n) is 14.8. The fourth-order valence-corrected chi connectivity index (χ4v) is 3.19. The first-order valence-electron chi connectivity index (χ1n) is 8.72. The highest BCUT2D eigenvalue weighted by Gasteiger charge is 2.24. The molecule has 0 unspecified atom stereocenters. The van der Waals surface area contributed by atoms with Crippen molar-refractivity contribution in [1.29, 1.82) is 0 Å². The lowest BCUT2D eigenvalue weighted by molar-refractivity contribution is -0.384. The highest BCUT2D eigenvalue weighted by molar-refractivity contribution is 6.33. The van der Waals surface area contributed by atoms with Crippen LogP contribution in [0.5, 0.6) is 0 Å². The molecule has 6 nitrogen and oxygen atoms in total. The van der Waals surface area contributed by atoms with E-state index in [0.717, 1.165) is 25.2 Å². The first-order valence-corrected chi connectivity index (χ1v) is 9.09. The second-order valence-electron chi connectivity index (χ2n) is 6.33. The predicted octanol–water partition coefficient (Wildman–Crippen LogP) is 3.72. The number of piperazine rings is 1. The van der Waals surface area contributed by atoms with Gasteiger partial charge in [0.25, 0.3) is 11.6 Å². The number of nitro benzene ring substituents is 1. The number of non-ortho nitro benzene ring substituents is 1. The Morgan fingerprint density at radius 1 is 1.11 bits per heavy atom. The molecule has 0 radical (unpaired) electrons. The van der Waals surface area contributed by atoms with Crippen molar-refractivity contribution in [2.45, 2.75) is 0 Å². The normalized spacial score (nSPS) is 15.2. The number of hydrogen-bond acceptors (Lipinski definition) is 4. The molecule has 1 saturated heterocycles. The maximum absolute atomic E-state index is 12.7. The molecular formula is C20H20ClN3O3. The van der Waals surface area contributed by atoms with E-state index in [2.05, 4.69) is 29.2 Å². The van der Waals surface area contributed by atoms with Gasteiger partial charge in [0, 0.05) is 44.9 Å². The zero-order chi connectivity index (χ0) is 19.2. The van der Waals surface area contributed by atoms with Gasteiger partial charge in [-0.25, -0.2) is 0 Å². The average Bonchev–Trinajstić information content (AvgIpc) is 2.69. The summed E-state index contributed by atoms with van der Waals surface area (Å²) in [5, 5.41) is 11.2. The van der Waals surface area contributed by atoms with Crippen LogP contribution in [0, 0.1) is 10.1 Å². The summed E-state index contributed by atoms with van der Waals surface area (Å²) in [6.07, 6.45) is 4.20. The maximum atomic E-state index is 12.7. The Labute approximate surface area is 162 Å². The Morgan fingerprint density at radius 2 is 1.81 bits per heavy atom. The van der Waals surface area contributed by atoms with Gasteiger partial charge in [0.1, 0.15) is 0 Å². The van der Waals surface area contributed by atoms with Crippen LogP contribution in [0.15, 0.2) is 54.6 Å². The van der Waals surface area contributed by atoms with Gasteiger partial charge in [-0.05, 0) is 11.6 Å². The van der Waals surface area contributed by atoms with Crippen LogP contribution < -0.4 is 0 Å². The molecule has 0 saturated carbocycles. The third-order valence-electron chi connectivity index (χ3n) is 4.52. The number of halogens is 1. The van der Waals surface area contributed by atoms with Crippen LogP contribution in [-0.4, -0.2) is 53.4 Å². The van der Waals surface area contributed by atoms with Gasteiger partial charge >= 0.3 is 0 Å². The summed E-state index contributed by atoms with van der Waals surface area (Å²) >= 11 is 6.08. The third-order valence-corrected chi connectivity index (χ3v) is 4.85. The van der Waals surface area contributed by atoms with Crippen LogP contribution in [-0.2, 0) is 0 Å². The number of carbonyl (C=O) groups excluding carboxylic acids is 1. The Bertz CT molecular complexity index is 847. The number of carbonyl (C=O) groups is 1. The smallest absolute Gasteiger partial charge is 0.270 e. The van der Waals surface area contributed by atoms with E-state index in [0.29, 0.717) is 13.1 Å². The third kappa shape index (κ3) is 4.93. The molecule has 7 heteroatoms. The van der Waals surface area contributed by atoms with Crippen LogP contribution >= 0.6 is 11.6 Å². The largest absolute Gasteiger partial charge is 0.336 e. The summed E-state index contributed by atoms with van der Waals surface area (Å²) in [7, 11) is 0. The first kappa shape index (κ1) is 19.1. The lowest BCUT2D eigenvalue weighted by Crippen LogP contribution is -2.48. The van der Waals surface area contributed by atoms with Gasteiger partial charge in [-0.15, -0.1) is 0 Å². The van der Waals surface area contributed by atoms with Crippen LogP contribution in [0.25, 0.3) is 6.08 Å². The number of nitro groups is 1. The molecule has 140 valence electrons. The van der Waals surface area contributed by atoms with Gasteiger partial charge in [-0.3, -0.25) is 19.8 Å². The second-order valence-corrected chi connectivity index (χ2v) is 6.73. The van der Waals surface area contributed by atoms with Gasteiger partial charge in [0.05, 0.1) is 15.5 Å². The van der Waals surface area contributed by atoms with Gasteiger partial charge in [0.15, 0.2) is 0 Å². The summed E-state index contributed by atoms with van der Waals surface area (Å²) in [5.74, 6) is -0.261. The SMILES string of the molecule is O=C(c1cc([N+](=O)[O-])ccc1Cl)N1CCN(CC=Cc2ccccc2)CC1. The Balaban J connectivity index is 1.56. The topological polar surface area (TPSA) is 66.7 Å². The van der Waals surface area contributed by atoms with Gasteiger partial charge in [0.2, 0.25) is 0 Å². The molecule has 0 aliphatic carbocycles. The van der Waals surface area contributed by atoms with Crippen molar-refractivity contribution < 1.29 is 9.72 Å². The second kappa shape index (κ2) is 8.79. The highest BCUT2D eigenvalue weighted by Crippen LogP contribution is 2.24. The molecule has 3 rings (SSSR count). The average molecular weight is 386 g/mol. The molecule has 0 spiro atoms. The number of hydrogen-bond donors (Lipinski definition) is 0. The lowest BCUT2D eigenvalue weighted by Gasteiger charge is -2.34. The van der Waals surface area contributed by atoms with E-state index in [1.807, 2.05) is 18.2 Å². The van der Waals surface area contributed by atoms with Crippen LogP contribution in [0.4, 0.5) is 5.69 Å². The number of amides is 1.